The van der Waals surface area contributed by atoms with E-state index in [1.807, 2.05) is 25.1 Å². The Hall–Kier alpha value is -2.78. The van der Waals surface area contributed by atoms with Crippen molar-refractivity contribution in [3.05, 3.63) is 35.4 Å². The molecule has 7 nitrogen and oxygen atoms in total. The van der Waals surface area contributed by atoms with Crippen molar-refractivity contribution >= 4 is 17.7 Å². The molecule has 2 N–H and O–H groups in total. The van der Waals surface area contributed by atoms with Crippen LogP contribution in [0.1, 0.15) is 47.6 Å². The number of carbonyl (C=O) groups is 1. The molecule has 10 heteroatoms. The first-order valence-electron chi connectivity index (χ1n) is 9.39. The fourth-order valence-corrected chi connectivity index (χ4v) is 3.39. The zero-order chi connectivity index (χ0) is 21.2. The molecule has 0 radical (unpaired) electrons. The van der Waals surface area contributed by atoms with E-state index >= 15 is 0 Å². The second kappa shape index (κ2) is 8.30. The molecule has 0 aliphatic heterocycles. The summed E-state index contributed by atoms with van der Waals surface area (Å²) in [7, 11) is 3.79. The predicted molar refractivity (Wildman–Crippen MR) is 102 cm³/mol. The van der Waals surface area contributed by atoms with Gasteiger partial charge in [0.15, 0.2) is 0 Å². The van der Waals surface area contributed by atoms with Gasteiger partial charge in [-0.15, -0.1) is 0 Å². The molecule has 0 aromatic carbocycles. The predicted octanol–water partition coefficient (Wildman–Crippen LogP) is 3.62. The van der Waals surface area contributed by atoms with Crippen molar-refractivity contribution in [2.45, 2.75) is 50.9 Å². The van der Waals surface area contributed by atoms with Gasteiger partial charge in [-0.1, -0.05) is 0 Å². The third-order valence-corrected chi connectivity index (χ3v) is 4.85. The van der Waals surface area contributed by atoms with Crippen LogP contribution in [0.3, 0.4) is 0 Å². The molecule has 1 saturated carbocycles. The van der Waals surface area contributed by atoms with Crippen molar-refractivity contribution in [3.8, 4) is 0 Å². The number of halogens is 3. The van der Waals surface area contributed by atoms with Gasteiger partial charge < -0.3 is 20.0 Å². The number of nitrogens with one attached hydrogen (secondary N) is 2. The molecule has 3 rings (SSSR count). The third-order valence-electron chi connectivity index (χ3n) is 4.85. The van der Waals surface area contributed by atoms with E-state index in [0.717, 1.165) is 24.7 Å². The molecular weight excluding hydrogens is 387 g/mol. The number of furan rings is 1. The lowest BCUT2D eigenvalue weighted by Crippen LogP contribution is -2.40. The summed E-state index contributed by atoms with van der Waals surface area (Å²) < 4.78 is 43.8. The molecule has 0 spiro atoms. The Balaban J connectivity index is 1.55. The molecule has 1 aliphatic rings. The number of aromatic nitrogens is 2. The van der Waals surface area contributed by atoms with Crippen LogP contribution in [0.5, 0.6) is 0 Å². The van der Waals surface area contributed by atoms with E-state index in [1.54, 1.807) is 6.20 Å². The number of anilines is 2. The molecule has 0 atom stereocenters. The molecule has 1 amide bonds. The van der Waals surface area contributed by atoms with Crippen LogP contribution in [0.4, 0.5) is 24.9 Å². The highest BCUT2D eigenvalue weighted by molar-refractivity contribution is 5.95. The van der Waals surface area contributed by atoms with Crippen molar-refractivity contribution in [1.82, 2.24) is 15.3 Å². The van der Waals surface area contributed by atoms with Crippen LogP contribution in [-0.2, 0) is 6.18 Å². The fourth-order valence-electron chi connectivity index (χ4n) is 3.39. The van der Waals surface area contributed by atoms with Gasteiger partial charge in [0.25, 0.3) is 5.91 Å². The Labute approximate surface area is 166 Å². The van der Waals surface area contributed by atoms with E-state index in [1.165, 1.54) is 6.92 Å². The summed E-state index contributed by atoms with van der Waals surface area (Å²) in [4.78, 5) is 22.9. The van der Waals surface area contributed by atoms with Gasteiger partial charge in [-0.3, -0.25) is 4.79 Å². The van der Waals surface area contributed by atoms with Crippen LogP contribution in [-0.4, -0.2) is 42.1 Å². The molecule has 0 bridgehead atoms. The summed E-state index contributed by atoms with van der Waals surface area (Å²) in [5.41, 5.74) is -0.468. The largest absolute Gasteiger partial charge is 0.456 e. The highest BCUT2D eigenvalue weighted by Crippen LogP contribution is 2.34. The quantitative estimate of drug-likeness (QED) is 0.782. The minimum absolute atomic E-state index is 0.0512. The van der Waals surface area contributed by atoms with Crippen molar-refractivity contribution in [3.63, 3.8) is 0 Å². The molecule has 0 unspecified atom stereocenters. The van der Waals surface area contributed by atoms with Gasteiger partial charge in [-0.05, 0) is 44.7 Å². The highest BCUT2D eigenvalue weighted by atomic mass is 19.4. The Kier molecular flexibility index (Phi) is 5.99. The lowest BCUT2D eigenvalue weighted by atomic mass is 9.91. The highest BCUT2D eigenvalue weighted by Gasteiger charge is 2.40. The van der Waals surface area contributed by atoms with Crippen molar-refractivity contribution < 1.29 is 22.4 Å². The number of aryl methyl sites for hydroxylation is 1. The zero-order valence-corrected chi connectivity index (χ0v) is 16.5. The lowest BCUT2D eigenvalue weighted by Gasteiger charge is -2.29. The van der Waals surface area contributed by atoms with Gasteiger partial charge in [0.05, 0.1) is 5.56 Å². The van der Waals surface area contributed by atoms with Crippen LogP contribution in [0.15, 0.2) is 22.7 Å². The number of alkyl halides is 3. The Morgan fingerprint density at radius 2 is 1.86 bits per heavy atom. The van der Waals surface area contributed by atoms with Gasteiger partial charge in [0.2, 0.25) is 11.7 Å². The molecule has 1 aliphatic carbocycles. The Morgan fingerprint density at radius 1 is 1.21 bits per heavy atom. The molecule has 0 saturated heterocycles. The standard InChI is InChI=1S/C19H24F3N5O2/c1-11-10-14(16(29-11)19(20,21)22)17(28)24-12-4-6-13(7-5-12)25-18-23-9-8-15(26-18)27(2)3/h8-10,12-13H,4-7H2,1-3H3,(H,24,28)(H,23,25,26)/t12-,13+. The molecule has 1 fully saturated rings. The molecule has 29 heavy (non-hydrogen) atoms. The maximum atomic E-state index is 13.0. The zero-order valence-electron chi connectivity index (χ0n) is 16.5. The van der Waals surface area contributed by atoms with E-state index in [-0.39, 0.29) is 17.8 Å². The van der Waals surface area contributed by atoms with E-state index < -0.39 is 23.4 Å². The number of hydrogen-bond donors (Lipinski definition) is 2. The van der Waals surface area contributed by atoms with Gasteiger partial charge in [0, 0.05) is 32.4 Å². The summed E-state index contributed by atoms with van der Waals surface area (Å²) in [5.74, 6) is -0.629. The second-order valence-electron chi connectivity index (χ2n) is 7.40. The summed E-state index contributed by atoms with van der Waals surface area (Å²) in [6.45, 7) is 1.39. The molecular formula is C19H24F3N5O2. The van der Waals surface area contributed by atoms with Crippen LogP contribution >= 0.6 is 0 Å². The minimum Gasteiger partial charge on any atom is -0.456 e. The first kappa shape index (κ1) is 20.9. The molecule has 2 aromatic heterocycles. The number of rotatable bonds is 5. The first-order chi connectivity index (χ1) is 13.6. The van der Waals surface area contributed by atoms with Gasteiger partial charge >= 0.3 is 6.18 Å². The monoisotopic (exact) mass is 411 g/mol. The third kappa shape index (κ3) is 5.18. The molecule has 2 heterocycles. The maximum absolute atomic E-state index is 13.0. The van der Waals surface area contributed by atoms with Crippen LogP contribution in [0, 0.1) is 6.92 Å². The Morgan fingerprint density at radius 3 is 2.48 bits per heavy atom. The van der Waals surface area contributed by atoms with Gasteiger partial charge in [-0.2, -0.15) is 18.2 Å². The summed E-state index contributed by atoms with van der Waals surface area (Å²) in [6.07, 6.45) is -0.233. The van der Waals surface area contributed by atoms with Crippen molar-refractivity contribution in [1.29, 1.82) is 0 Å². The van der Waals surface area contributed by atoms with E-state index in [0.29, 0.717) is 18.8 Å². The number of carbonyl (C=O) groups excluding carboxylic acids is 1. The minimum atomic E-state index is -4.70. The van der Waals surface area contributed by atoms with Crippen molar-refractivity contribution in [2.24, 2.45) is 0 Å². The van der Waals surface area contributed by atoms with Crippen LogP contribution in [0.25, 0.3) is 0 Å². The second-order valence-corrected chi connectivity index (χ2v) is 7.40. The van der Waals surface area contributed by atoms with Crippen LogP contribution in [0.2, 0.25) is 0 Å². The average Bonchev–Trinajstić information content (AvgIpc) is 3.06. The molecule has 2 aromatic rings. The molecule has 158 valence electrons. The van der Waals surface area contributed by atoms with Gasteiger partial charge in [0.1, 0.15) is 11.6 Å². The maximum Gasteiger partial charge on any atom is 0.450 e. The normalized spacial score (nSPS) is 19.7. The Bertz CT molecular complexity index is 858. The van der Waals surface area contributed by atoms with E-state index in [2.05, 4.69) is 25.0 Å². The summed E-state index contributed by atoms with van der Waals surface area (Å²) >= 11 is 0. The van der Waals surface area contributed by atoms with E-state index in [9.17, 15) is 18.0 Å². The number of amides is 1. The first-order valence-corrected chi connectivity index (χ1v) is 9.39. The number of hydrogen-bond acceptors (Lipinski definition) is 6. The smallest absolute Gasteiger partial charge is 0.450 e. The van der Waals surface area contributed by atoms with Crippen molar-refractivity contribution in [2.75, 3.05) is 24.3 Å². The number of nitrogens with zero attached hydrogens (tertiary/aromatic N) is 3. The fraction of sp³-hybridized carbons (Fsp3) is 0.526. The lowest BCUT2D eigenvalue weighted by molar-refractivity contribution is -0.153. The van der Waals surface area contributed by atoms with Crippen LogP contribution < -0.4 is 15.5 Å². The summed E-state index contributed by atoms with van der Waals surface area (Å²) in [6, 6.07) is 2.89. The topological polar surface area (TPSA) is 83.3 Å². The SMILES string of the molecule is Cc1cc(C(=O)N[C@H]2CC[C@@H](Nc3nccc(N(C)C)n3)CC2)c(C(F)(F)F)o1. The van der Waals surface area contributed by atoms with Gasteiger partial charge in [-0.25, -0.2) is 4.98 Å². The van der Waals surface area contributed by atoms with E-state index in [4.69, 9.17) is 0 Å². The summed E-state index contributed by atoms with van der Waals surface area (Å²) in [5, 5.41) is 5.99. The average molecular weight is 411 g/mol.